The van der Waals surface area contributed by atoms with Crippen LogP contribution in [-0.2, 0) is 17.1 Å². The van der Waals surface area contributed by atoms with E-state index in [1.165, 1.54) is 0 Å². The predicted octanol–water partition coefficient (Wildman–Crippen LogP) is 4.30. The molecule has 0 bridgehead atoms. The number of alkyl halides is 6. The van der Waals surface area contributed by atoms with Crippen molar-refractivity contribution in [3.05, 3.63) is 28.3 Å². The predicted molar refractivity (Wildman–Crippen MR) is 60.2 cm³/mol. The van der Waals surface area contributed by atoms with Crippen molar-refractivity contribution in [2.75, 3.05) is 5.32 Å². The number of hydrogen-bond acceptors (Lipinski definition) is 1. The monoisotopic (exact) mass is 299 g/mol. The Hall–Kier alpha value is -1.73. The Morgan fingerprint density at radius 3 is 1.55 bits per heavy atom. The molecule has 0 spiro atoms. The molecule has 0 unspecified atom stereocenters. The van der Waals surface area contributed by atoms with Crippen molar-refractivity contribution in [2.24, 2.45) is 0 Å². The SMILES string of the molecule is CC(=O)Nc1c(C)c(C(F)(F)F)cc(C(F)(F)F)c1C. The van der Waals surface area contributed by atoms with E-state index in [-0.39, 0.29) is 6.07 Å². The lowest BCUT2D eigenvalue weighted by atomic mass is 9.96. The lowest BCUT2D eigenvalue weighted by Crippen LogP contribution is -2.18. The maximum absolute atomic E-state index is 12.8. The summed E-state index contributed by atoms with van der Waals surface area (Å²) in [4.78, 5) is 11.0. The molecule has 0 aromatic heterocycles. The van der Waals surface area contributed by atoms with E-state index in [4.69, 9.17) is 0 Å². The van der Waals surface area contributed by atoms with Crippen LogP contribution >= 0.6 is 0 Å². The first kappa shape index (κ1) is 16.3. The molecule has 20 heavy (non-hydrogen) atoms. The van der Waals surface area contributed by atoms with Gasteiger partial charge in [0.15, 0.2) is 0 Å². The molecule has 112 valence electrons. The Morgan fingerprint density at radius 1 is 0.950 bits per heavy atom. The number of benzene rings is 1. The first-order valence-electron chi connectivity index (χ1n) is 5.42. The molecule has 0 fully saturated rings. The molecular weight excluding hydrogens is 288 g/mol. The fourth-order valence-electron chi connectivity index (χ4n) is 1.86. The Labute approximate surface area is 110 Å². The van der Waals surface area contributed by atoms with Crippen LogP contribution in [0.2, 0.25) is 0 Å². The summed E-state index contributed by atoms with van der Waals surface area (Å²) in [6.07, 6.45) is -9.88. The van der Waals surface area contributed by atoms with Gasteiger partial charge in [-0.05, 0) is 31.0 Å². The van der Waals surface area contributed by atoms with Gasteiger partial charge in [-0.15, -0.1) is 0 Å². The maximum Gasteiger partial charge on any atom is 0.416 e. The zero-order chi connectivity index (χ0) is 15.9. The third-order valence-electron chi connectivity index (χ3n) is 2.76. The fourth-order valence-corrected chi connectivity index (χ4v) is 1.86. The van der Waals surface area contributed by atoms with Crippen LogP contribution in [0.3, 0.4) is 0 Å². The molecule has 0 radical (unpaired) electrons. The van der Waals surface area contributed by atoms with Gasteiger partial charge >= 0.3 is 12.4 Å². The average molecular weight is 299 g/mol. The lowest BCUT2D eigenvalue weighted by molar-refractivity contribution is -0.143. The molecule has 1 N–H and O–H groups in total. The minimum absolute atomic E-state index is 0.0655. The molecule has 0 saturated carbocycles. The summed E-state index contributed by atoms with van der Waals surface area (Å²) in [6, 6.07) is 0.0655. The summed E-state index contributed by atoms with van der Waals surface area (Å²) in [5.74, 6) is -0.747. The van der Waals surface area contributed by atoms with Crippen molar-refractivity contribution in [2.45, 2.75) is 33.1 Å². The zero-order valence-corrected chi connectivity index (χ0v) is 10.8. The topological polar surface area (TPSA) is 29.1 Å². The van der Waals surface area contributed by atoms with E-state index >= 15 is 0 Å². The Kier molecular flexibility index (Phi) is 4.07. The van der Waals surface area contributed by atoms with Crippen LogP contribution in [0.5, 0.6) is 0 Å². The highest BCUT2D eigenvalue weighted by atomic mass is 19.4. The number of carbonyl (C=O) groups excluding carboxylic acids is 1. The molecule has 0 saturated heterocycles. The summed E-state index contributed by atoms with van der Waals surface area (Å²) in [5.41, 5.74) is -4.19. The van der Waals surface area contributed by atoms with Gasteiger partial charge in [-0.2, -0.15) is 26.3 Å². The van der Waals surface area contributed by atoms with Crippen molar-refractivity contribution in [1.82, 2.24) is 0 Å². The largest absolute Gasteiger partial charge is 0.416 e. The Morgan fingerprint density at radius 2 is 1.30 bits per heavy atom. The van der Waals surface area contributed by atoms with Crippen LogP contribution in [0.1, 0.15) is 29.2 Å². The van der Waals surface area contributed by atoms with E-state index in [2.05, 4.69) is 0 Å². The molecule has 1 aromatic carbocycles. The number of rotatable bonds is 1. The Bertz CT molecular complexity index is 506. The number of nitrogens with one attached hydrogen (secondary N) is 1. The van der Waals surface area contributed by atoms with Crippen LogP contribution in [-0.4, -0.2) is 5.91 Å². The van der Waals surface area contributed by atoms with Gasteiger partial charge < -0.3 is 5.32 Å². The van der Waals surface area contributed by atoms with E-state index < -0.39 is 46.2 Å². The molecule has 8 heteroatoms. The first-order chi connectivity index (χ1) is 8.85. The van der Waals surface area contributed by atoms with Crippen LogP contribution in [0.15, 0.2) is 6.07 Å². The number of amides is 1. The molecule has 0 aliphatic heterocycles. The second-order valence-electron chi connectivity index (χ2n) is 4.27. The second kappa shape index (κ2) is 4.99. The van der Waals surface area contributed by atoms with Crippen LogP contribution < -0.4 is 5.32 Å². The number of anilines is 1. The highest BCUT2D eigenvalue weighted by Crippen LogP contribution is 2.42. The summed E-state index contributed by atoms with van der Waals surface area (Å²) in [5, 5.41) is 2.03. The number of carbonyl (C=O) groups is 1. The van der Waals surface area contributed by atoms with E-state index in [1.807, 2.05) is 5.32 Å². The minimum atomic E-state index is -4.94. The quantitative estimate of drug-likeness (QED) is 0.770. The van der Waals surface area contributed by atoms with Gasteiger partial charge in [0.1, 0.15) is 0 Å². The van der Waals surface area contributed by atoms with Gasteiger partial charge in [0.2, 0.25) is 5.91 Å². The van der Waals surface area contributed by atoms with Gasteiger partial charge in [0, 0.05) is 12.6 Å². The highest BCUT2D eigenvalue weighted by Gasteiger charge is 2.40. The Balaban J connectivity index is 3.70. The molecular formula is C12H11F6NO. The zero-order valence-electron chi connectivity index (χ0n) is 10.8. The smallest absolute Gasteiger partial charge is 0.326 e. The van der Waals surface area contributed by atoms with Crippen molar-refractivity contribution >= 4 is 11.6 Å². The van der Waals surface area contributed by atoms with Gasteiger partial charge in [-0.25, -0.2) is 0 Å². The lowest BCUT2D eigenvalue weighted by Gasteiger charge is -2.21. The molecule has 2 nitrogen and oxygen atoms in total. The highest BCUT2D eigenvalue weighted by molar-refractivity contribution is 5.91. The molecule has 1 aromatic rings. The van der Waals surface area contributed by atoms with Crippen LogP contribution in [0.25, 0.3) is 0 Å². The summed E-state index contributed by atoms with van der Waals surface area (Å²) < 4.78 is 76.7. The summed E-state index contributed by atoms with van der Waals surface area (Å²) in [6.45, 7) is 3.04. The minimum Gasteiger partial charge on any atom is -0.326 e. The van der Waals surface area contributed by atoms with E-state index in [1.54, 1.807) is 0 Å². The van der Waals surface area contributed by atoms with Crippen LogP contribution in [0, 0.1) is 13.8 Å². The number of hydrogen-bond donors (Lipinski definition) is 1. The third kappa shape index (κ3) is 3.23. The van der Waals surface area contributed by atoms with Gasteiger partial charge in [-0.3, -0.25) is 4.79 Å². The van der Waals surface area contributed by atoms with E-state index in [0.717, 1.165) is 20.8 Å². The standard InChI is InChI=1S/C12H11F6NO/c1-5-8(11(13,14)15)4-9(12(16,17)18)6(2)10(5)19-7(3)20/h4H,1-3H3,(H,19,20). The van der Waals surface area contributed by atoms with E-state index in [0.29, 0.717) is 0 Å². The average Bonchev–Trinajstić information content (AvgIpc) is 2.19. The van der Waals surface area contributed by atoms with Gasteiger partial charge in [0.25, 0.3) is 0 Å². The first-order valence-corrected chi connectivity index (χ1v) is 5.42. The molecule has 1 amide bonds. The molecule has 0 aliphatic rings. The molecule has 0 heterocycles. The third-order valence-corrected chi connectivity index (χ3v) is 2.76. The van der Waals surface area contributed by atoms with Gasteiger partial charge in [-0.1, -0.05) is 0 Å². The summed E-state index contributed by atoms with van der Waals surface area (Å²) in [7, 11) is 0. The van der Waals surface area contributed by atoms with E-state index in [9.17, 15) is 31.1 Å². The van der Waals surface area contributed by atoms with Crippen LogP contribution in [0.4, 0.5) is 32.0 Å². The normalized spacial score (nSPS) is 12.4. The van der Waals surface area contributed by atoms with Crippen molar-refractivity contribution in [3.8, 4) is 0 Å². The molecule has 0 aliphatic carbocycles. The van der Waals surface area contributed by atoms with Gasteiger partial charge in [0.05, 0.1) is 11.1 Å². The van der Waals surface area contributed by atoms with Crippen molar-refractivity contribution < 1.29 is 31.1 Å². The fraction of sp³-hybridized carbons (Fsp3) is 0.417. The van der Waals surface area contributed by atoms with Crippen molar-refractivity contribution in [1.29, 1.82) is 0 Å². The number of halogens is 6. The second-order valence-corrected chi connectivity index (χ2v) is 4.27. The molecule has 0 atom stereocenters. The molecule has 1 rings (SSSR count). The summed E-state index contributed by atoms with van der Waals surface area (Å²) >= 11 is 0. The maximum atomic E-state index is 12.8. The van der Waals surface area contributed by atoms with Crippen molar-refractivity contribution in [3.63, 3.8) is 0 Å².